The minimum atomic E-state index is 0.728. The van der Waals surface area contributed by atoms with Gasteiger partial charge in [0.15, 0.2) is 0 Å². The summed E-state index contributed by atoms with van der Waals surface area (Å²) in [5.41, 5.74) is 2.25. The van der Waals surface area contributed by atoms with Gasteiger partial charge in [-0.15, -0.1) is 0 Å². The van der Waals surface area contributed by atoms with Crippen molar-refractivity contribution in [3.63, 3.8) is 0 Å². The van der Waals surface area contributed by atoms with Crippen LogP contribution in [0.3, 0.4) is 0 Å². The van der Waals surface area contributed by atoms with E-state index in [1.165, 1.54) is 5.56 Å². The molecule has 66 valence electrons. The number of aryl methyl sites for hydroxylation is 2. The Kier molecular flexibility index (Phi) is 1.77. The lowest BCUT2D eigenvalue weighted by molar-refractivity contribution is 0.298. The summed E-state index contributed by atoms with van der Waals surface area (Å²) in [6.07, 6.45) is 0. The lowest BCUT2D eigenvalue weighted by atomic mass is 10.2. The molecule has 0 spiro atoms. The SMILES string of the molecule is Cc1nn(C)c2c1CNCCO2. The van der Waals surface area contributed by atoms with E-state index in [4.69, 9.17) is 4.74 Å². The third-order valence-corrected chi connectivity index (χ3v) is 2.11. The first-order chi connectivity index (χ1) is 5.79. The molecule has 0 fully saturated rings. The van der Waals surface area contributed by atoms with E-state index in [-0.39, 0.29) is 0 Å². The van der Waals surface area contributed by atoms with Crippen LogP contribution in [0.15, 0.2) is 0 Å². The maximum absolute atomic E-state index is 5.54. The average Bonchev–Trinajstić information content (AvgIpc) is 2.29. The summed E-state index contributed by atoms with van der Waals surface area (Å²) in [4.78, 5) is 0. The van der Waals surface area contributed by atoms with Crippen molar-refractivity contribution < 1.29 is 4.74 Å². The summed E-state index contributed by atoms with van der Waals surface area (Å²) < 4.78 is 7.34. The van der Waals surface area contributed by atoms with E-state index >= 15 is 0 Å². The van der Waals surface area contributed by atoms with Crippen LogP contribution in [-0.2, 0) is 13.6 Å². The van der Waals surface area contributed by atoms with Crippen LogP contribution < -0.4 is 10.1 Å². The predicted octanol–water partition coefficient (Wildman–Crippen LogP) is 0.211. The van der Waals surface area contributed by atoms with Gasteiger partial charge in [0.05, 0.1) is 11.3 Å². The molecular formula is C8H13N3O. The van der Waals surface area contributed by atoms with Crippen molar-refractivity contribution in [2.45, 2.75) is 13.5 Å². The van der Waals surface area contributed by atoms with Gasteiger partial charge in [-0.2, -0.15) is 5.10 Å². The predicted molar refractivity (Wildman–Crippen MR) is 45.1 cm³/mol. The second-order valence-electron chi connectivity index (χ2n) is 3.02. The van der Waals surface area contributed by atoms with Crippen LogP contribution >= 0.6 is 0 Å². The van der Waals surface area contributed by atoms with Crippen molar-refractivity contribution >= 4 is 0 Å². The van der Waals surface area contributed by atoms with Crippen molar-refractivity contribution in [3.8, 4) is 5.88 Å². The Balaban J connectivity index is 2.44. The molecule has 1 aliphatic heterocycles. The molecule has 0 radical (unpaired) electrons. The summed E-state index contributed by atoms with van der Waals surface area (Å²) in [5.74, 6) is 0.914. The molecule has 1 aliphatic rings. The van der Waals surface area contributed by atoms with Gasteiger partial charge in [-0.1, -0.05) is 0 Å². The Morgan fingerprint density at radius 2 is 2.42 bits per heavy atom. The highest BCUT2D eigenvalue weighted by Gasteiger charge is 2.16. The first kappa shape index (κ1) is 7.61. The van der Waals surface area contributed by atoms with Crippen molar-refractivity contribution in [1.82, 2.24) is 15.1 Å². The Morgan fingerprint density at radius 3 is 3.25 bits per heavy atom. The fourth-order valence-electron chi connectivity index (χ4n) is 1.50. The van der Waals surface area contributed by atoms with E-state index in [2.05, 4.69) is 10.4 Å². The highest BCUT2D eigenvalue weighted by Crippen LogP contribution is 2.21. The van der Waals surface area contributed by atoms with Crippen LogP contribution in [0.4, 0.5) is 0 Å². The third kappa shape index (κ3) is 1.08. The Bertz CT molecular complexity index is 266. The van der Waals surface area contributed by atoms with Crippen LogP contribution in [0.5, 0.6) is 5.88 Å². The van der Waals surface area contributed by atoms with Gasteiger partial charge < -0.3 is 10.1 Å². The molecule has 0 aliphatic carbocycles. The van der Waals surface area contributed by atoms with Crippen molar-refractivity contribution in [1.29, 1.82) is 0 Å². The minimum Gasteiger partial charge on any atom is -0.476 e. The summed E-state index contributed by atoms with van der Waals surface area (Å²) in [7, 11) is 1.91. The number of nitrogens with one attached hydrogen (secondary N) is 1. The zero-order valence-electron chi connectivity index (χ0n) is 7.42. The molecular weight excluding hydrogens is 154 g/mol. The quantitative estimate of drug-likeness (QED) is 0.600. The fourth-order valence-corrected chi connectivity index (χ4v) is 1.50. The maximum atomic E-state index is 5.54. The smallest absolute Gasteiger partial charge is 0.216 e. The number of hydrogen-bond donors (Lipinski definition) is 1. The molecule has 0 aromatic carbocycles. The van der Waals surface area contributed by atoms with E-state index in [1.54, 1.807) is 4.68 Å². The molecule has 1 aromatic heterocycles. The molecule has 1 aromatic rings. The summed E-state index contributed by atoms with van der Waals surface area (Å²) in [6, 6.07) is 0. The first-order valence-electron chi connectivity index (χ1n) is 4.15. The number of fused-ring (bicyclic) bond motifs is 1. The molecule has 0 saturated heterocycles. The van der Waals surface area contributed by atoms with Gasteiger partial charge >= 0.3 is 0 Å². The van der Waals surface area contributed by atoms with Gasteiger partial charge in [0, 0.05) is 20.1 Å². The molecule has 4 heteroatoms. The van der Waals surface area contributed by atoms with E-state index in [0.29, 0.717) is 0 Å². The Labute approximate surface area is 71.5 Å². The second-order valence-corrected chi connectivity index (χ2v) is 3.02. The molecule has 0 bridgehead atoms. The molecule has 12 heavy (non-hydrogen) atoms. The second kappa shape index (κ2) is 2.79. The van der Waals surface area contributed by atoms with Crippen LogP contribution in [0.2, 0.25) is 0 Å². The molecule has 1 N–H and O–H groups in total. The summed E-state index contributed by atoms with van der Waals surface area (Å²) in [5, 5.41) is 7.57. The zero-order valence-corrected chi connectivity index (χ0v) is 7.42. The monoisotopic (exact) mass is 167 g/mol. The maximum Gasteiger partial charge on any atom is 0.216 e. The highest BCUT2D eigenvalue weighted by molar-refractivity contribution is 5.31. The van der Waals surface area contributed by atoms with Gasteiger partial charge in [0.1, 0.15) is 6.61 Å². The van der Waals surface area contributed by atoms with Gasteiger partial charge in [-0.25, -0.2) is 4.68 Å². The normalized spacial score (nSPS) is 16.5. The summed E-state index contributed by atoms with van der Waals surface area (Å²) >= 11 is 0. The van der Waals surface area contributed by atoms with Crippen LogP contribution in [0, 0.1) is 6.92 Å². The van der Waals surface area contributed by atoms with Gasteiger partial charge in [0.2, 0.25) is 5.88 Å². The molecule has 2 heterocycles. The van der Waals surface area contributed by atoms with E-state index in [9.17, 15) is 0 Å². The number of hydrogen-bond acceptors (Lipinski definition) is 3. The van der Waals surface area contributed by atoms with E-state index in [1.807, 2.05) is 14.0 Å². The lowest BCUT2D eigenvalue weighted by Gasteiger charge is -2.02. The molecule has 0 saturated carbocycles. The first-order valence-corrected chi connectivity index (χ1v) is 4.15. The molecule has 0 amide bonds. The van der Waals surface area contributed by atoms with Crippen molar-refractivity contribution in [2.75, 3.05) is 13.2 Å². The Morgan fingerprint density at radius 1 is 1.58 bits per heavy atom. The fraction of sp³-hybridized carbons (Fsp3) is 0.625. The topological polar surface area (TPSA) is 39.1 Å². The number of ether oxygens (including phenoxy) is 1. The average molecular weight is 167 g/mol. The third-order valence-electron chi connectivity index (χ3n) is 2.11. The molecule has 0 unspecified atom stereocenters. The number of rotatable bonds is 0. The van der Waals surface area contributed by atoms with Gasteiger partial charge in [-0.3, -0.25) is 0 Å². The number of nitrogens with zero attached hydrogens (tertiary/aromatic N) is 2. The Hall–Kier alpha value is -1.03. The van der Waals surface area contributed by atoms with Crippen LogP contribution in [0.1, 0.15) is 11.3 Å². The zero-order chi connectivity index (χ0) is 8.55. The van der Waals surface area contributed by atoms with Crippen LogP contribution in [0.25, 0.3) is 0 Å². The lowest BCUT2D eigenvalue weighted by Crippen LogP contribution is -2.17. The van der Waals surface area contributed by atoms with Crippen molar-refractivity contribution in [3.05, 3.63) is 11.3 Å². The standard InChI is InChI=1S/C8H13N3O/c1-6-7-5-9-3-4-12-8(7)11(2)10-6/h9H,3-5H2,1-2H3. The highest BCUT2D eigenvalue weighted by atomic mass is 16.5. The summed E-state index contributed by atoms with van der Waals surface area (Å²) in [6.45, 7) is 4.52. The molecule has 4 nitrogen and oxygen atoms in total. The molecule has 2 rings (SSSR count). The van der Waals surface area contributed by atoms with Gasteiger partial charge in [0.25, 0.3) is 0 Å². The van der Waals surface area contributed by atoms with Gasteiger partial charge in [-0.05, 0) is 6.92 Å². The largest absolute Gasteiger partial charge is 0.476 e. The van der Waals surface area contributed by atoms with Crippen LogP contribution in [-0.4, -0.2) is 22.9 Å². The van der Waals surface area contributed by atoms with E-state index in [0.717, 1.165) is 31.3 Å². The van der Waals surface area contributed by atoms with E-state index < -0.39 is 0 Å². The minimum absolute atomic E-state index is 0.728. The molecule has 0 atom stereocenters. The number of aromatic nitrogens is 2. The van der Waals surface area contributed by atoms with Crippen molar-refractivity contribution in [2.24, 2.45) is 7.05 Å².